The van der Waals surface area contributed by atoms with Crippen molar-refractivity contribution in [3.05, 3.63) is 60.6 Å². The lowest BCUT2D eigenvalue weighted by molar-refractivity contribution is 0.0389. The zero-order chi connectivity index (χ0) is 30.8. The van der Waals surface area contributed by atoms with Crippen molar-refractivity contribution >= 4 is 31.6 Å². The molecule has 0 unspecified atom stereocenters. The lowest BCUT2D eigenvalue weighted by Gasteiger charge is -2.38. The number of carbonyl (C=O) groups excluding carboxylic acids is 1. The Morgan fingerprint density at radius 3 is 2.48 bits per heavy atom. The molecule has 0 fully saturated rings. The van der Waals surface area contributed by atoms with Gasteiger partial charge in [-0.25, -0.2) is 13.4 Å². The van der Waals surface area contributed by atoms with Gasteiger partial charge in [0.05, 0.1) is 48.8 Å². The molecule has 3 atom stereocenters. The van der Waals surface area contributed by atoms with Crippen molar-refractivity contribution in [2.75, 3.05) is 38.6 Å². The number of nitrogens with zero attached hydrogens (tertiary/aromatic N) is 4. The number of carbonyl (C=O) groups is 1. The summed E-state index contributed by atoms with van der Waals surface area (Å²) in [7, 11) is -3.57. The first-order chi connectivity index (χ1) is 19.8. The Morgan fingerprint density at radius 2 is 1.88 bits per heavy atom. The number of rotatable bonds is 10. The van der Waals surface area contributed by atoms with Gasteiger partial charge in [0, 0.05) is 32.8 Å². The maximum atomic E-state index is 13.7. The van der Waals surface area contributed by atoms with Crippen LogP contribution in [0.4, 0.5) is 5.69 Å². The van der Waals surface area contributed by atoms with E-state index in [1.54, 1.807) is 33.0 Å². The van der Waals surface area contributed by atoms with Crippen molar-refractivity contribution in [2.45, 2.75) is 35.9 Å². The van der Waals surface area contributed by atoms with Crippen LogP contribution in [0.2, 0.25) is 0 Å². The van der Waals surface area contributed by atoms with E-state index in [4.69, 9.17) is 9.47 Å². The quantitative estimate of drug-likeness (QED) is 0.344. The van der Waals surface area contributed by atoms with Gasteiger partial charge in [0.25, 0.3) is 15.9 Å². The van der Waals surface area contributed by atoms with Crippen LogP contribution in [0, 0.1) is 5.92 Å². The minimum atomic E-state index is -4.16. The van der Waals surface area contributed by atoms with Crippen LogP contribution in [-0.2, 0) is 27.1 Å². The maximum Gasteiger partial charge on any atom is 0.281 e. The third-order valence-corrected chi connectivity index (χ3v) is 10.2. The van der Waals surface area contributed by atoms with Gasteiger partial charge in [-0.1, -0.05) is 13.0 Å². The molecular weight excluding hydrogens is 586 g/mol. The molecule has 1 amide bonds. The number of nitrogens with one attached hydrogen (secondary N) is 1. The van der Waals surface area contributed by atoms with Gasteiger partial charge in [-0.05, 0) is 43.3 Å². The number of fused-ring (bicyclic) bond motifs is 1. The first-order valence-electron chi connectivity index (χ1n) is 13.1. The smallest absolute Gasteiger partial charge is 0.281 e. The molecule has 2 aromatic carbocycles. The molecule has 13 nitrogen and oxygen atoms in total. The number of aliphatic hydroxyl groups excluding tert-OH is 1. The van der Waals surface area contributed by atoms with Gasteiger partial charge in [-0.3, -0.25) is 9.52 Å². The van der Waals surface area contributed by atoms with Crippen LogP contribution >= 0.6 is 0 Å². The Labute approximate surface area is 245 Å². The van der Waals surface area contributed by atoms with Crippen LogP contribution in [0.3, 0.4) is 0 Å². The highest BCUT2D eigenvalue weighted by Crippen LogP contribution is 2.36. The predicted octanol–water partition coefficient (Wildman–Crippen LogP) is 1.77. The molecule has 2 heterocycles. The van der Waals surface area contributed by atoms with E-state index in [0.29, 0.717) is 5.75 Å². The molecule has 1 aliphatic rings. The second kappa shape index (κ2) is 12.3. The lowest BCUT2D eigenvalue weighted by atomic mass is 9.99. The van der Waals surface area contributed by atoms with Crippen LogP contribution in [0.1, 0.15) is 24.2 Å². The van der Waals surface area contributed by atoms with E-state index in [0.717, 1.165) is 4.31 Å². The Bertz CT molecular complexity index is 1640. The number of imidazole rings is 1. The summed E-state index contributed by atoms with van der Waals surface area (Å²) in [6, 6.07) is 9.87. The van der Waals surface area contributed by atoms with Gasteiger partial charge in [0.1, 0.15) is 11.9 Å². The normalized spacial score (nSPS) is 18.5. The minimum absolute atomic E-state index is 0.0112. The van der Waals surface area contributed by atoms with Crippen LogP contribution < -0.4 is 14.2 Å². The van der Waals surface area contributed by atoms with Crippen molar-refractivity contribution < 1.29 is 36.2 Å². The summed E-state index contributed by atoms with van der Waals surface area (Å²) >= 11 is 0. The third-order valence-electron chi connectivity index (χ3n) is 7.10. The fourth-order valence-electron chi connectivity index (χ4n) is 4.55. The number of amides is 1. The van der Waals surface area contributed by atoms with Crippen LogP contribution in [0.5, 0.6) is 11.5 Å². The highest BCUT2D eigenvalue weighted by Gasteiger charge is 2.36. The summed E-state index contributed by atoms with van der Waals surface area (Å²) in [5.41, 5.74) is 0.0527. The Hall–Kier alpha value is -3.66. The predicted molar refractivity (Wildman–Crippen MR) is 154 cm³/mol. The van der Waals surface area contributed by atoms with E-state index in [1.165, 1.54) is 66.5 Å². The number of benzene rings is 2. The average molecular weight is 622 g/mol. The summed E-state index contributed by atoms with van der Waals surface area (Å²) in [6.45, 7) is 3.22. The molecule has 3 aromatic rings. The first-order valence-corrected chi connectivity index (χ1v) is 16.0. The van der Waals surface area contributed by atoms with E-state index >= 15 is 0 Å². The van der Waals surface area contributed by atoms with Crippen LogP contribution in [0.15, 0.2) is 64.9 Å². The Kier molecular flexibility index (Phi) is 9.15. The van der Waals surface area contributed by atoms with E-state index in [1.807, 2.05) is 0 Å². The lowest BCUT2D eigenvalue weighted by Crippen LogP contribution is -2.50. The molecule has 0 saturated heterocycles. The second-order valence-electron chi connectivity index (χ2n) is 10.2. The van der Waals surface area contributed by atoms with Gasteiger partial charge in [-0.2, -0.15) is 12.7 Å². The zero-order valence-corrected chi connectivity index (χ0v) is 25.6. The van der Waals surface area contributed by atoms with Crippen molar-refractivity contribution in [1.29, 1.82) is 0 Å². The molecule has 1 aliphatic heterocycles. The molecule has 1 aromatic heterocycles. The summed E-state index contributed by atoms with van der Waals surface area (Å²) in [4.78, 5) is 19.1. The van der Waals surface area contributed by atoms with E-state index < -0.39 is 44.0 Å². The van der Waals surface area contributed by atoms with Crippen molar-refractivity contribution in [3.8, 4) is 11.5 Å². The number of methoxy groups -OCH3 is 1. The molecule has 2 N–H and O–H groups in total. The molecule has 15 heteroatoms. The highest BCUT2D eigenvalue weighted by atomic mass is 32.2. The van der Waals surface area contributed by atoms with Crippen molar-refractivity contribution in [3.63, 3.8) is 0 Å². The molecule has 0 saturated carbocycles. The summed E-state index contributed by atoms with van der Waals surface area (Å²) in [5.74, 6) is -0.433. The SMILES string of the molecule is COc1ccc(S(=O)(=O)N(C)C[C@H]2Oc3c(NS(=O)(=O)c4cn(C)cn4)cccc3C(=O)N([C@H](C)CO)C[C@@H]2C)cc1. The van der Waals surface area contributed by atoms with Gasteiger partial charge < -0.3 is 24.0 Å². The molecule has 4 rings (SSSR count). The van der Waals surface area contributed by atoms with E-state index in [2.05, 4.69) is 9.71 Å². The zero-order valence-electron chi connectivity index (χ0n) is 24.0. The van der Waals surface area contributed by atoms with Gasteiger partial charge in [0.15, 0.2) is 10.8 Å². The first kappa shape index (κ1) is 31.3. The number of para-hydroxylation sites is 1. The monoisotopic (exact) mass is 621 g/mol. The van der Waals surface area contributed by atoms with Crippen molar-refractivity contribution in [1.82, 2.24) is 18.8 Å². The number of aromatic nitrogens is 2. The molecule has 42 heavy (non-hydrogen) atoms. The second-order valence-corrected chi connectivity index (χ2v) is 13.9. The molecule has 0 radical (unpaired) electrons. The number of hydrogen-bond donors (Lipinski definition) is 2. The fraction of sp³-hybridized carbons (Fsp3) is 0.407. The molecule has 228 valence electrons. The molecule has 0 spiro atoms. The topological polar surface area (TPSA) is 160 Å². The van der Waals surface area contributed by atoms with Crippen LogP contribution in [0.25, 0.3) is 0 Å². The maximum absolute atomic E-state index is 13.7. The third kappa shape index (κ3) is 6.38. The standard InChI is InChI=1S/C27H35N5O8S2/c1-18-13-32(19(2)16-33)27(34)22-7-6-8-23(29-41(35,36)25-15-30(3)17-28-25)26(22)40-24(18)14-31(4)42(37,38)21-11-9-20(39-5)10-12-21/h6-12,15,17-19,24,29,33H,13-14,16H2,1-5H3/t18-,19+,24+/m0/s1. The summed E-state index contributed by atoms with van der Waals surface area (Å²) in [5, 5.41) is 9.66. The molecular formula is C27H35N5O8S2. The van der Waals surface area contributed by atoms with Gasteiger partial charge >= 0.3 is 0 Å². The minimum Gasteiger partial charge on any atom is -0.497 e. The number of hydrogen-bond acceptors (Lipinski definition) is 9. The number of sulfonamides is 2. The van der Waals surface area contributed by atoms with Crippen LogP contribution in [-0.4, -0.2) is 92.6 Å². The summed E-state index contributed by atoms with van der Waals surface area (Å²) < 4.78 is 69.7. The number of aliphatic hydroxyl groups is 1. The number of likely N-dealkylation sites (N-methyl/N-ethyl adjacent to an activating group) is 1. The Balaban J connectivity index is 1.74. The van der Waals surface area contributed by atoms with Gasteiger partial charge in [0.2, 0.25) is 10.0 Å². The summed E-state index contributed by atoms with van der Waals surface area (Å²) in [6.07, 6.45) is 1.86. The largest absolute Gasteiger partial charge is 0.497 e. The van der Waals surface area contributed by atoms with E-state index in [-0.39, 0.29) is 46.6 Å². The van der Waals surface area contributed by atoms with Crippen molar-refractivity contribution in [2.24, 2.45) is 13.0 Å². The average Bonchev–Trinajstić information content (AvgIpc) is 3.41. The molecule has 0 aliphatic carbocycles. The highest BCUT2D eigenvalue weighted by molar-refractivity contribution is 7.92. The fourth-order valence-corrected chi connectivity index (χ4v) is 6.77. The number of ether oxygens (including phenoxy) is 2. The number of aryl methyl sites for hydroxylation is 1. The van der Waals surface area contributed by atoms with E-state index in [9.17, 15) is 26.7 Å². The Morgan fingerprint density at radius 1 is 1.19 bits per heavy atom. The van der Waals surface area contributed by atoms with Gasteiger partial charge in [-0.15, -0.1) is 0 Å². The molecule has 0 bridgehead atoms. The number of anilines is 1.